The molecule has 2 heterocycles. The van der Waals surface area contributed by atoms with Gasteiger partial charge >= 0.3 is 0 Å². The van der Waals surface area contributed by atoms with E-state index in [1.54, 1.807) is 0 Å². The van der Waals surface area contributed by atoms with Crippen molar-refractivity contribution in [2.45, 2.75) is 45.3 Å². The number of amides is 1. The maximum absolute atomic E-state index is 12.9. The van der Waals surface area contributed by atoms with Crippen molar-refractivity contribution in [1.82, 2.24) is 4.90 Å². The lowest BCUT2D eigenvalue weighted by Gasteiger charge is -2.37. The van der Waals surface area contributed by atoms with Crippen LogP contribution in [0.1, 0.15) is 40.7 Å². The molecule has 120 valence electrons. The van der Waals surface area contributed by atoms with Crippen LogP contribution < -0.4 is 0 Å². The lowest BCUT2D eigenvalue weighted by molar-refractivity contribution is -0.0589. The van der Waals surface area contributed by atoms with Gasteiger partial charge in [-0.1, -0.05) is 17.2 Å². The summed E-state index contributed by atoms with van der Waals surface area (Å²) in [6, 6.07) is 6.09. The van der Waals surface area contributed by atoms with Crippen LogP contribution in [0.15, 0.2) is 18.2 Å². The van der Waals surface area contributed by atoms with E-state index >= 15 is 0 Å². The zero-order valence-electron chi connectivity index (χ0n) is 13.4. The molecule has 2 aliphatic rings. The summed E-state index contributed by atoms with van der Waals surface area (Å²) in [7, 11) is 0. The zero-order valence-corrected chi connectivity index (χ0v) is 13.4. The van der Waals surface area contributed by atoms with E-state index < -0.39 is 0 Å². The Balaban J connectivity index is 1.81. The number of nitrogens with zero attached hydrogens (tertiary/aromatic N) is 1. The molecule has 1 amide bonds. The molecule has 0 spiro atoms. The third-order valence-corrected chi connectivity index (χ3v) is 4.89. The number of hydrogen-bond donors (Lipinski definition) is 1. The third-order valence-electron chi connectivity index (χ3n) is 4.89. The Hall–Kier alpha value is -1.39. The maximum atomic E-state index is 12.9. The van der Waals surface area contributed by atoms with Crippen molar-refractivity contribution < 1.29 is 14.6 Å². The van der Waals surface area contributed by atoms with E-state index in [2.05, 4.69) is 6.07 Å². The second-order valence-corrected chi connectivity index (χ2v) is 6.68. The van der Waals surface area contributed by atoms with Crippen LogP contribution in [-0.2, 0) is 4.74 Å². The van der Waals surface area contributed by atoms with Gasteiger partial charge in [0.1, 0.15) is 0 Å². The normalized spacial score (nSPS) is 28.9. The van der Waals surface area contributed by atoms with Gasteiger partial charge in [-0.05, 0) is 45.2 Å². The average molecular weight is 303 g/mol. The van der Waals surface area contributed by atoms with E-state index in [0.717, 1.165) is 36.1 Å². The summed E-state index contributed by atoms with van der Waals surface area (Å²) in [5.41, 5.74) is 2.98. The summed E-state index contributed by atoms with van der Waals surface area (Å²) in [6.45, 7) is 5.99. The number of likely N-dealkylation sites (tertiary alicyclic amines) is 1. The number of aliphatic hydroxyl groups is 1. The van der Waals surface area contributed by atoms with Crippen molar-refractivity contribution in [2.75, 3.05) is 19.8 Å². The van der Waals surface area contributed by atoms with Crippen LogP contribution >= 0.6 is 0 Å². The Labute approximate surface area is 132 Å². The molecule has 2 fully saturated rings. The van der Waals surface area contributed by atoms with E-state index in [1.807, 2.05) is 30.9 Å². The molecule has 0 saturated carbocycles. The summed E-state index contributed by atoms with van der Waals surface area (Å²) in [5, 5.41) is 10.3. The van der Waals surface area contributed by atoms with Gasteiger partial charge in [0.25, 0.3) is 5.91 Å². The Bertz CT molecular complexity index is 537. The first kappa shape index (κ1) is 15.5. The van der Waals surface area contributed by atoms with Crippen LogP contribution in [0.25, 0.3) is 0 Å². The highest BCUT2D eigenvalue weighted by Crippen LogP contribution is 2.31. The Kier molecular flexibility index (Phi) is 4.50. The monoisotopic (exact) mass is 303 g/mol. The quantitative estimate of drug-likeness (QED) is 0.912. The summed E-state index contributed by atoms with van der Waals surface area (Å²) in [4.78, 5) is 14.9. The van der Waals surface area contributed by atoms with Crippen LogP contribution in [0.3, 0.4) is 0 Å². The second kappa shape index (κ2) is 6.39. The third kappa shape index (κ3) is 3.03. The first-order chi connectivity index (χ1) is 10.6. The Morgan fingerprint density at radius 2 is 1.95 bits per heavy atom. The molecule has 3 atom stereocenters. The number of aryl methyl sites for hydroxylation is 2. The molecule has 0 bridgehead atoms. The van der Waals surface area contributed by atoms with E-state index in [0.29, 0.717) is 19.6 Å². The van der Waals surface area contributed by atoms with Gasteiger partial charge in [-0.15, -0.1) is 0 Å². The van der Waals surface area contributed by atoms with E-state index in [4.69, 9.17) is 4.74 Å². The fourth-order valence-electron chi connectivity index (χ4n) is 3.87. The predicted molar refractivity (Wildman–Crippen MR) is 84.9 cm³/mol. The number of hydrogen-bond acceptors (Lipinski definition) is 3. The number of carbonyl (C=O) groups excluding carboxylic acids is 1. The molecule has 0 aliphatic carbocycles. The minimum absolute atomic E-state index is 0.0473. The van der Waals surface area contributed by atoms with Gasteiger partial charge in [0.15, 0.2) is 0 Å². The summed E-state index contributed by atoms with van der Waals surface area (Å²) in [6.07, 6.45) is 2.28. The lowest BCUT2D eigenvalue weighted by Crippen LogP contribution is -2.48. The molecular weight excluding hydrogens is 278 g/mol. The molecule has 22 heavy (non-hydrogen) atoms. The predicted octanol–water partition coefficient (Wildman–Crippen LogP) is 2.31. The molecule has 1 aromatic carbocycles. The molecule has 4 heteroatoms. The maximum Gasteiger partial charge on any atom is 0.254 e. The van der Waals surface area contributed by atoms with Gasteiger partial charge in [-0.2, -0.15) is 0 Å². The minimum atomic E-state index is -0.355. The van der Waals surface area contributed by atoms with Gasteiger partial charge in [0.2, 0.25) is 0 Å². The number of aliphatic hydroxyl groups excluding tert-OH is 1. The number of ether oxygens (including phenoxy) is 1. The molecule has 2 saturated heterocycles. The first-order valence-corrected chi connectivity index (χ1v) is 8.21. The van der Waals surface area contributed by atoms with Crippen LogP contribution in [0.4, 0.5) is 0 Å². The molecule has 1 aromatic rings. The molecular formula is C18H25NO3. The molecule has 0 aromatic heterocycles. The zero-order chi connectivity index (χ0) is 15.7. The number of rotatable bonds is 2. The van der Waals surface area contributed by atoms with Crippen LogP contribution in [0.5, 0.6) is 0 Å². The Morgan fingerprint density at radius 1 is 1.23 bits per heavy atom. The van der Waals surface area contributed by atoms with Gasteiger partial charge in [0.05, 0.1) is 12.7 Å². The smallest absolute Gasteiger partial charge is 0.254 e. The fourth-order valence-corrected chi connectivity index (χ4v) is 3.87. The summed E-state index contributed by atoms with van der Waals surface area (Å²) >= 11 is 0. The standard InChI is InChI=1S/C18H25NO3/c1-12-8-13(2)10-14(9-12)18(21)19-6-3-4-16(19)15-11-22-7-5-17(15)20/h8-10,15-17,20H,3-7,11H2,1-2H3/t15-,16-,17+/m1/s1. The minimum Gasteiger partial charge on any atom is -0.393 e. The SMILES string of the molecule is Cc1cc(C)cc(C(=O)N2CCC[C@@H]2[C@H]2COCC[C@@H]2O)c1. The number of benzene rings is 1. The Morgan fingerprint density at radius 3 is 2.64 bits per heavy atom. The van der Waals surface area contributed by atoms with Gasteiger partial charge in [0, 0.05) is 30.7 Å². The first-order valence-electron chi connectivity index (χ1n) is 8.21. The van der Waals surface area contributed by atoms with E-state index in [9.17, 15) is 9.90 Å². The van der Waals surface area contributed by atoms with Crippen molar-refractivity contribution in [3.05, 3.63) is 34.9 Å². The topological polar surface area (TPSA) is 49.8 Å². The van der Waals surface area contributed by atoms with Gasteiger partial charge in [-0.25, -0.2) is 0 Å². The van der Waals surface area contributed by atoms with Crippen LogP contribution in [-0.4, -0.2) is 47.8 Å². The van der Waals surface area contributed by atoms with Crippen LogP contribution in [0, 0.1) is 19.8 Å². The highest BCUT2D eigenvalue weighted by molar-refractivity contribution is 5.95. The number of carbonyl (C=O) groups is 1. The van der Waals surface area contributed by atoms with Crippen molar-refractivity contribution in [3.63, 3.8) is 0 Å². The fraction of sp³-hybridized carbons (Fsp3) is 0.611. The summed E-state index contributed by atoms with van der Waals surface area (Å²) < 4.78 is 5.54. The van der Waals surface area contributed by atoms with Crippen molar-refractivity contribution in [2.24, 2.45) is 5.92 Å². The van der Waals surface area contributed by atoms with Gasteiger partial charge in [-0.3, -0.25) is 4.79 Å². The second-order valence-electron chi connectivity index (χ2n) is 6.68. The highest BCUT2D eigenvalue weighted by Gasteiger charge is 2.39. The molecule has 1 N–H and O–H groups in total. The van der Waals surface area contributed by atoms with Crippen molar-refractivity contribution >= 4 is 5.91 Å². The van der Waals surface area contributed by atoms with Crippen LogP contribution in [0.2, 0.25) is 0 Å². The molecule has 3 rings (SSSR count). The lowest BCUT2D eigenvalue weighted by atomic mass is 9.89. The molecule has 2 aliphatic heterocycles. The van der Waals surface area contributed by atoms with E-state index in [-0.39, 0.29) is 24.0 Å². The van der Waals surface area contributed by atoms with Crippen molar-refractivity contribution in [1.29, 1.82) is 0 Å². The molecule has 4 nitrogen and oxygen atoms in total. The van der Waals surface area contributed by atoms with Crippen molar-refractivity contribution in [3.8, 4) is 0 Å². The largest absolute Gasteiger partial charge is 0.393 e. The summed E-state index contributed by atoms with van der Waals surface area (Å²) in [5.74, 6) is 0.137. The van der Waals surface area contributed by atoms with Gasteiger partial charge < -0.3 is 14.7 Å². The highest BCUT2D eigenvalue weighted by atomic mass is 16.5. The molecule has 0 radical (unpaired) electrons. The van der Waals surface area contributed by atoms with E-state index in [1.165, 1.54) is 0 Å². The average Bonchev–Trinajstić information content (AvgIpc) is 2.95. The molecule has 0 unspecified atom stereocenters.